The van der Waals surface area contributed by atoms with E-state index in [0.29, 0.717) is 32.5 Å². The molecule has 0 saturated carbocycles. The Kier molecular flexibility index (Phi) is 5.89. The summed E-state index contributed by atoms with van der Waals surface area (Å²) < 4.78 is 1.86. The lowest BCUT2D eigenvalue weighted by Crippen LogP contribution is -2.43. The van der Waals surface area contributed by atoms with E-state index in [9.17, 15) is 9.59 Å². The van der Waals surface area contributed by atoms with Gasteiger partial charge in [-0.05, 0) is 42.2 Å². The highest BCUT2D eigenvalue weighted by atomic mass is 16.2. The van der Waals surface area contributed by atoms with E-state index in [4.69, 9.17) is 0 Å². The number of hydrogen-bond donors (Lipinski definition) is 1. The van der Waals surface area contributed by atoms with E-state index in [1.807, 2.05) is 64.3 Å². The van der Waals surface area contributed by atoms with Gasteiger partial charge < -0.3 is 10.2 Å². The Balaban J connectivity index is 1.27. The predicted octanol–water partition coefficient (Wildman–Crippen LogP) is 3.10. The average Bonchev–Trinajstić information content (AvgIpc) is 3.29. The van der Waals surface area contributed by atoms with Crippen LogP contribution in [0, 0.1) is 5.92 Å². The molecule has 1 aliphatic rings. The molecule has 0 spiro atoms. The first-order valence-electron chi connectivity index (χ1n) is 10.2. The summed E-state index contributed by atoms with van der Waals surface area (Å²) in [5, 5.41) is 9.24. The van der Waals surface area contributed by atoms with Crippen molar-refractivity contribution in [1.29, 1.82) is 0 Å². The third kappa shape index (κ3) is 4.47. The summed E-state index contributed by atoms with van der Waals surface area (Å²) in [5.41, 5.74) is 0.740. The van der Waals surface area contributed by atoms with Crippen molar-refractivity contribution in [3.8, 4) is 0 Å². The molecule has 0 bridgehead atoms. The molecule has 150 valence electrons. The van der Waals surface area contributed by atoms with Crippen molar-refractivity contribution in [3.05, 3.63) is 66.5 Å². The monoisotopic (exact) mass is 390 g/mol. The number of hydrogen-bond acceptors (Lipinski definition) is 3. The minimum absolute atomic E-state index is 0.0173. The van der Waals surface area contributed by atoms with Gasteiger partial charge in [0.2, 0.25) is 5.91 Å². The molecule has 2 aromatic carbocycles. The third-order valence-electron chi connectivity index (χ3n) is 5.60. The van der Waals surface area contributed by atoms with Crippen LogP contribution in [0.25, 0.3) is 10.8 Å². The number of amides is 2. The molecule has 2 amide bonds. The molecular weight excluding hydrogens is 364 g/mol. The van der Waals surface area contributed by atoms with Crippen molar-refractivity contribution in [1.82, 2.24) is 20.0 Å². The number of likely N-dealkylation sites (tertiary alicyclic amines) is 1. The van der Waals surface area contributed by atoms with E-state index < -0.39 is 0 Å². The number of piperidine rings is 1. The van der Waals surface area contributed by atoms with Crippen molar-refractivity contribution in [2.75, 3.05) is 19.6 Å². The molecule has 1 saturated heterocycles. The fourth-order valence-electron chi connectivity index (χ4n) is 3.96. The van der Waals surface area contributed by atoms with Crippen LogP contribution in [0.5, 0.6) is 0 Å². The second-order valence-corrected chi connectivity index (χ2v) is 7.51. The first kappa shape index (κ1) is 19.2. The van der Waals surface area contributed by atoms with Gasteiger partial charge in [0, 0.05) is 50.1 Å². The molecule has 6 nitrogen and oxygen atoms in total. The van der Waals surface area contributed by atoms with Gasteiger partial charge in [-0.3, -0.25) is 14.3 Å². The van der Waals surface area contributed by atoms with Crippen LogP contribution >= 0.6 is 0 Å². The van der Waals surface area contributed by atoms with Crippen LogP contribution in [-0.4, -0.2) is 46.1 Å². The minimum Gasteiger partial charge on any atom is -0.356 e. The van der Waals surface area contributed by atoms with Gasteiger partial charge in [-0.25, -0.2) is 0 Å². The Morgan fingerprint density at radius 2 is 1.83 bits per heavy atom. The summed E-state index contributed by atoms with van der Waals surface area (Å²) in [4.78, 5) is 27.4. The van der Waals surface area contributed by atoms with Crippen LogP contribution in [-0.2, 0) is 11.3 Å². The summed E-state index contributed by atoms with van der Waals surface area (Å²) in [6.07, 6.45) is 5.95. The summed E-state index contributed by atoms with van der Waals surface area (Å²) >= 11 is 0. The maximum Gasteiger partial charge on any atom is 0.254 e. The number of nitrogens with one attached hydrogen (secondary N) is 1. The Bertz CT molecular complexity index is 970. The highest BCUT2D eigenvalue weighted by molar-refractivity contribution is 6.07. The van der Waals surface area contributed by atoms with Crippen LogP contribution in [0.3, 0.4) is 0 Å². The van der Waals surface area contributed by atoms with Gasteiger partial charge in [-0.15, -0.1) is 0 Å². The molecule has 1 aromatic heterocycles. The highest BCUT2D eigenvalue weighted by Gasteiger charge is 2.28. The maximum absolute atomic E-state index is 13.0. The molecule has 2 heterocycles. The van der Waals surface area contributed by atoms with Gasteiger partial charge in [0.1, 0.15) is 0 Å². The first-order chi connectivity index (χ1) is 14.2. The summed E-state index contributed by atoms with van der Waals surface area (Å²) in [6.45, 7) is 2.68. The maximum atomic E-state index is 13.0. The lowest BCUT2D eigenvalue weighted by molar-refractivity contribution is -0.126. The smallest absolute Gasteiger partial charge is 0.254 e. The fourth-order valence-corrected chi connectivity index (χ4v) is 3.96. The number of nitrogens with zero attached hydrogens (tertiary/aromatic N) is 3. The normalized spacial score (nSPS) is 14.8. The molecular formula is C23H26N4O2. The van der Waals surface area contributed by atoms with Crippen LogP contribution < -0.4 is 5.32 Å². The molecule has 1 fully saturated rings. The number of carbonyl (C=O) groups excluding carboxylic acids is 2. The van der Waals surface area contributed by atoms with Crippen molar-refractivity contribution < 1.29 is 9.59 Å². The van der Waals surface area contributed by atoms with Crippen LogP contribution in [0.2, 0.25) is 0 Å². The third-order valence-corrected chi connectivity index (χ3v) is 5.60. The zero-order chi connectivity index (χ0) is 20.1. The van der Waals surface area contributed by atoms with Crippen molar-refractivity contribution in [3.63, 3.8) is 0 Å². The Labute approximate surface area is 170 Å². The number of fused-ring (bicyclic) bond motifs is 1. The zero-order valence-electron chi connectivity index (χ0n) is 16.5. The fraction of sp³-hybridized carbons (Fsp3) is 0.348. The van der Waals surface area contributed by atoms with Gasteiger partial charge in [0.05, 0.1) is 0 Å². The SMILES string of the molecule is O=C(NCCCn1cccn1)C1CCN(C(=O)c2cccc3ccccc23)CC1. The molecule has 1 N–H and O–H groups in total. The van der Waals surface area contributed by atoms with Crippen LogP contribution in [0.15, 0.2) is 60.9 Å². The van der Waals surface area contributed by atoms with E-state index in [-0.39, 0.29) is 17.7 Å². The standard InChI is InChI=1S/C23H26N4O2/c28-22(24-12-4-14-27-15-5-13-25-27)19-10-16-26(17-11-19)23(29)21-9-3-7-18-6-1-2-8-20(18)21/h1-3,5-9,13,15,19H,4,10-12,14,16-17H2,(H,24,28). The first-order valence-corrected chi connectivity index (χ1v) is 10.2. The van der Waals surface area contributed by atoms with E-state index in [1.165, 1.54) is 0 Å². The summed E-state index contributed by atoms with van der Waals surface area (Å²) in [6, 6.07) is 15.7. The molecule has 0 unspecified atom stereocenters. The second-order valence-electron chi connectivity index (χ2n) is 7.51. The molecule has 0 aliphatic carbocycles. The van der Waals surface area contributed by atoms with Crippen molar-refractivity contribution in [2.24, 2.45) is 5.92 Å². The number of rotatable bonds is 6. The van der Waals surface area contributed by atoms with Crippen LogP contribution in [0.1, 0.15) is 29.6 Å². The minimum atomic E-state index is -0.0173. The van der Waals surface area contributed by atoms with Crippen molar-refractivity contribution >= 4 is 22.6 Å². The van der Waals surface area contributed by atoms with Gasteiger partial charge >= 0.3 is 0 Å². The second kappa shape index (κ2) is 8.90. The summed E-state index contributed by atoms with van der Waals surface area (Å²) in [7, 11) is 0. The zero-order valence-corrected chi connectivity index (χ0v) is 16.5. The Hall–Kier alpha value is -3.15. The Morgan fingerprint density at radius 3 is 2.62 bits per heavy atom. The highest BCUT2D eigenvalue weighted by Crippen LogP contribution is 2.23. The average molecular weight is 390 g/mol. The molecule has 29 heavy (non-hydrogen) atoms. The van der Waals surface area contributed by atoms with Crippen molar-refractivity contribution in [2.45, 2.75) is 25.8 Å². The molecule has 4 rings (SSSR count). The largest absolute Gasteiger partial charge is 0.356 e. The lowest BCUT2D eigenvalue weighted by Gasteiger charge is -2.31. The number of aromatic nitrogens is 2. The lowest BCUT2D eigenvalue weighted by atomic mass is 9.95. The predicted molar refractivity (Wildman–Crippen MR) is 112 cm³/mol. The Morgan fingerprint density at radius 1 is 1.03 bits per heavy atom. The van der Waals surface area contributed by atoms with E-state index in [2.05, 4.69) is 10.4 Å². The van der Waals surface area contributed by atoms with Crippen LogP contribution in [0.4, 0.5) is 0 Å². The van der Waals surface area contributed by atoms with E-state index in [0.717, 1.165) is 29.3 Å². The summed E-state index contributed by atoms with van der Waals surface area (Å²) in [5.74, 6) is 0.138. The molecule has 0 atom stereocenters. The number of carbonyl (C=O) groups is 2. The van der Waals surface area contributed by atoms with Gasteiger partial charge in [-0.1, -0.05) is 36.4 Å². The number of aryl methyl sites for hydroxylation is 1. The number of benzene rings is 2. The van der Waals surface area contributed by atoms with Gasteiger partial charge in [0.25, 0.3) is 5.91 Å². The molecule has 6 heteroatoms. The topological polar surface area (TPSA) is 67.2 Å². The van der Waals surface area contributed by atoms with Gasteiger partial charge in [-0.2, -0.15) is 5.10 Å². The molecule has 0 radical (unpaired) electrons. The molecule has 1 aliphatic heterocycles. The van der Waals surface area contributed by atoms with Gasteiger partial charge in [0.15, 0.2) is 0 Å². The van der Waals surface area contributed by atoms with E-state index in [1.54, 1.807) is 6.20 Å². The van der Waals surface area contributed by atoms with E-state index >= 15 is 0 Å². The quantitative estimate of drug-likeness (QED) is 0.658. The molecule has 3 aromatic rings.